The predicted molar refractivity (Wildman–Crippen MR) is 63.3 cm³/mol. The third-order valence-electron chi connectivity index (χ3n) is 2.13. The maximum Gasteiger partial charge on any atom is 0.216 e. The highest BCUT2D eigenvalue weighted by Gasteiger charge is 2.11. The van der Waals surface area contributed by atoms with Crippen molar-refractivity contribution in [2.45, 2.75) is 20.1 Å². The number of hydrogen-bond donors (Lipinski definition) is 1. The summed E-state index contributed by atoms with van der Waals surface area (Å²) >= 11 is 3.41. The highest BCUT2D eigenvalue weighted by Crippen LogP contribution is 2.20. The monoisotopic (exact) mass is 271 g/mol. The Labute approximate surface area is 98.0 Å². The van der Waals surface area contributed by atoms with Crippen molar-refractivity contribution in [3.05, 3.63) is 33.8 Å². The molecule has 1 aromatic carbocycles. The third-order valence-corrected chi connectivity index (χ3v) is 2.99. The van der Waals surface area contributed by atoms with Gasteiger partial charge in [-0.05, 0) is 31.5 Å². The van der Waals surface area contributed by atoms with Gasteiger partial charge in [-0.3, -0.25) is 5.41 Å². The number of rotatable bonds is 3. The van der Waals surface area contributed by atoms with E-state index in [0.29, 0.717) is 0 Å². The van der Waals surface area contributed by atoms with E-state index >= 15 is 0 Å². The van der Waals surface area contributed by atoms with Gasteiger partial charge >= 0.3 is 0 Å². The molecule has 82 valence electrons. The SMILES string of the molecule is COC(C)OC(=N)c1cccc(Br)c1C. The summed E-state index contributed by atoms with van der Waals surface area (Å²) in [6, 6.07) is 5.67. The molecule has 0 radical (unpaired) electrons. The molecule has 0 aliphatic carbocycles. The van der Waals surface area contributed by atoms with Gasteiger partial charge in [-0.1, -0.05) is 22.0 Å². The van der Waals surface area contributed by atoms with Crippen molar-refractivity contribution in [1.29, 1.82) is 5.41 Å². The molecule has 0 amide bonds. The molecule has 0 saturated heterocycles. The molecule has 0 spiro atoms. The highest BCUT2D eigenvalue weighted by molar-refractivity contribution is 9.10. The van der Waals surface area contributed by atoms with Gasteiger partial charge in [0.1, 0.15) is 0 Å². The van der Waals surface area contributed by atoms with Crippen LogP contribution in [-0.4, -0.2) is 19.3 Å². The van der Waals surface area contributed by atoms with Crippen LogP contribution < -0.4 is 0 Å². The molecule has 1 unspecified atom stereocenters. The van der Waals surface area contributed by atoms with E-state index in [9.17, 15) is 0 Å². The minimum absolute atomic E-state index is 0.128. The number of ether oxygens (including phenoxy) is 2. The van der Waals surface area contributed by atoms with Crippen LogP contribution in [0.3, 0.4) is 0 Å². The molecule has 0 heterocycles. The van der Waals surface area contributed by atoms with Gasteiger partial charge in [0, 0.05) is 17.1 Å². The average molecular weight is 272 g/mol. The summed E-state index contributed by atoms with van der Waals surface area (Å²) in [6.45, 7) is 3.69. The first-order valence-corrected chi connectivity index (χ1v) is 5.39. The van der Waals surface area contributed by atoms with E-state index < -0.39 is 6.29 Å². The quantitative estimate of drug-likeness (QED) is 0.522. The van der Waals surface area contributed by atoms with Crippen LogP contribution in [-0.2, 0) is 9.47 Å². The van der Waals surface area contributed by atoms with Crippen molar-refractivity contribution in [3.63, 3.8) is 0 Å². The van der Waals surface area contributed by atoms with Crippen LogP contribution >= 0.6 is 15.9 Å². The average Bonchev–Trinajstić information content (AvgIpc) is 2.21. The van der Waals surface area contributed by atoms with Crippen molar-refractivity contribution in [3.8, 4) is 0 Å². The zero-order valence-corrected chi connectivity index (χ0v) is 10.6. The Balaban J connectivity index is 2.87. The molecule has 0 aliphatic heterocycles. The smallest absolute Gasteiger partial charge is 0.216 e. The van der Waals surface area contributed by atoms with Crippen LogP contribution in [0.25, 0.3) is 0 Å². The van der Waals surface area contributed by atoms with E-state index in [2.05, 4.69) is 15.9 Å². The van der Waals surface area contributed by atoms with Crippen LogP contribution in [0.5, 0.6) is 0 Å². The number of nitrogens with one attached hydrogen (secondary N) is 1. The second kappa shape index (κ2) is 5.28. The summed E-state index contributed by atoms with van der Waals surface area (Å²) in [4.78, 5) is 0. The summed E-state index contributed by atoms with van der Waals surface area (Å²) in [5.41, 5.74) is 1.76. The second-order valence-corrected chi connectivity index (χ2v) is 4.02. The lowest BCUT2D eigenvalue weighted by Gasteiger charge is -2.15. The Morgan fingerprint density at radius 2 is 2.13 bits per heavy atom. The molecule has 0 fully saturated rings. The number of hydrogen-bond acceptors (Lipinski definition) is 3. The van der Waals surface area contributed by atoms with Crippen LogP contribution in [0, 0.1) is 12.3 Å². The minimum atomic E-state index is -0.407. The molecule has 15 heavy (non-hydrogen) atoms. The Bertz CT molecular complexity index is 366. The van der Waals surface area contributed by atoms with Gasteiger partial charge < -0.3 is 9.47 Å². The predicted octanol–water partition coefficient (Wildman–Crippen LogP) is 3.09. The van der Waals surface area contributed by atoms with Crippen LogP contribution in [0.4, 0.5) is 0 Å². The topological polar surface area (TPSA) is 42.3 Å². The van der Waals surface area contributed by atoms with Gasteiger partial charge in [-0.2, -0.15) is 0 Å². The fourth-order valence-corrected chi connectivity index (χ4v) is 1.50. The minimum Gasteiger partial charge on any atom is -0.448 e. The van der Waals surface area contributed by atoms with Crippen molar-refractivity contribution in [1.82, 2.24) is 0 Å². The van der Waals surface area contributed by atoms with Crippen LogP contribution in [0.1, 0.15) is 18.1 Å². The van der Waals surface area contributed by atoms with E-state index in [-0.39, 0.29) is 5.90 Å². The Morgan fingerprint density at radius 1 is 1.47 bits per heavy atom. The largest absolute Gasteiger partial charge is 0.448 e. The molecule has 1 atom stereocenters. The first kappa shape index (κ1) is 12.2. The third kappa shape index (κ3) is 3.04. The van der Waals surface area contributed by atoms with Gasteiger partial charge in [-0.15, -0.1) is 0 Å². The molecule has 0 bridgehead atoms. The Kier molecular flexibility index (Phi) is 4.29. The normalized spacial score (nSPS) is 12.3. The second-order valence-electron chi connectivity index (χ2n) is 3.16. The highest BCUT2D eigenvalue weighted by atomic mass is 79.9. The molecule has 3 nitrogen and oxygen atoms in total. The summed E-state index contributed by atoms with van der Waals surface area (Å²) in [6.07, 6.45) is -0.407. The van der Waals surface area contributed by atoms with Gasteiger partial charge in [0.2, 0.25) is 5.90 Å². The van der Waals surface area contributed by atoms with Crippen LogP contribution in [0.15, 0.2) is 22.7 Å². The molecular weight excluding hydrogens is 258 g/mol. The molecular formula is C11H14BrNO2. The zero-order valence-electron chi connectivity index (χ0n) is 9.00. The van der Waals surface area contributed by atoms with Gasteiger partial charge in [0.15, 0.2) is 6.29 Å². The van der Waals surface area contributed by atoms with E-state index in [1.54, 1.807) is 14.0 Å². The first-order chi connectivity index (χ1) is 7.06. The standard InChI is InChI=1S/C11H14BrNO2/c1-7-9(5-4-6-10(7)12)11(13)15-8(2)14-3/h4-6,8,13H,1-3H3. The molecule has 1 rings (SSSR count). The summed E-state index contributed by atoms with van der Waals surface area (Å²) in [7, 11) is 1.55. The van der Waals surface area contributed by atoms with Crippen molar-refractivity contribution < 1.29 is 9.47 Å². The molecule has 0 aromatic heterocycles. The van der Waals surface area contributed by atoms with E-state index in [1.807, 2.05) is 25.1 Å². The van der Waals surface area contributed by atoms with Crippen molar-refractivity contribution in [2.24, 2.45) is 0 Å². The van der Waals surface area contributed by atoms with Crippen molar-refractivity contribution in [2.75, 3.05) is 7.11 Å². The Morgan fingerprint density at radius 3 is 2.73 bits per heavy atom. The maximum atomic E-state index is 7.78. The van der Waals surface area contributed by atoms with Gasteiger partial charge in [-0.25, -0.2) is 0 Å². The maximum absolute atomic E-state index is 7.78. The van der Waals surface area contributed by atoms with Gasteiger partial charge in [0.25, 0.3) is 0 Å². The lowest BCUT2D eigenvalue weighted by atomic mass is 10.1. The molecule has 0 saturated carbocycles. The summed E-state index contributed by atoms with van der Waals surface area (Å²) in [5.74, 6) is 0.128. The molecule has 1 N–H and O–H groups in total. The molecule has 0 aliphatic rings. The van der Waals surface area contributed by atoms with Gasteiger partial charge in [0.05, 0.1) is 0 Å². The van der Waals surface area contributed by atoms with Crippen molar-refractivity contribution >= 4 is 21.8 Å². The lowest BCUT2D eigenvalue weighted by molar-refractivity contribution is -0.0475. The lowest BCUT2D eigenvalue weighted by Crippen LogP contribution is -2.17. The number of halogens is 1. The fourth-order valence-electron chi connectivity index (χ4n) is 1.13. The van der Waals surface area contributed by atoms with E-state index in [4.69, 9.17) is 14.9 Å². The van der Waals surface area contributed by atoms with E-state index in [0.717, 1.165) is 15.6 Å². The summed E-state index contributed by atoms with van der Waals surface area (Å²) in [5, 5.41) is 7.78. The number of methoxy groups -OCH3 is 1. The number of benzene rings is 1. The van der Waals surface area contributed by atoms with Crippen LogP contribution in [0.2, 0.25) is 0 Å². The first-order valence-electron chi connectivity index (χ1n) is 4.59. The van der Waals surface area contributed by atoms with E-state index in [1.165, 1.54) is 0 Å². The molecule has 4 heteroatoms. The zero-order chi connectivity index (χ0) is 11.4. The Hall–Kier alpha value is -0.870. The fraction of sp³-hybridized carbons (Fsp3) is 0.364. The molecule has 1 aromatic rings. The summed E-state index contributed by atoms with van der Waals surface area (Å²) < 4.78 is 11.2.